The van der Waals surface area contributed by atoms with Crippen LogP contribution >= 0.6 is 11.3 Å². The van der Waals surface area contributed by atoms with Gasteiger partial charge in [0.25, 0.3) is 0 Å². The Labute approximate surface area is 97.1 Å². The zero-order valence-corrected chi connectivity index (χ0v) is 11.0. The summed E-state index contributed by atoms with van der Waals surface area (Å²) in [5.41, 5.74) is 7.48. The SMILES string of the molecule is CCN(CC)C(c1sccc1C)C(C)N. The smallest absolute Gasteiger partial charge is 0.0593 e. The van der Waals surface area contributed by atoms with Gasteiger partial charge in [-0.1, -0.05) is 13.8 Å². The van der Waals surface area contributed by atoms with Crippen molar-refractivity contribution in [1.29, 1.82) is 0 Å². The van der Waals surface area contributed by atoms with Crippen molar-refractivity contribution in [1.82, 2.24) is 4.90 Å². The molecular formula is C12H22N2S. The number of hydrogen-bond donors (Lipinski definition) is 1. The van der Waals surface area contributed by atoms with E-state index in [1.807, 2.05) is 11.3 Å². The molecule has 2 N–H and O–H groups in total. The number of nitrogens with zero attached hydrogens (tertiary/aromatic N) is 1. The van der Waals surface area contributed by atoms with Crippen molar-refractivity contribution in [3.8, 4) is 0 Å². The molecule has 86 valence electrons. The predicted octanol–water partition coefficient (Wildman–Crippen LogP) is 2.79. The minimum atomic E-state index is 0.183. The second-order valence-corrected chi connectivity index (χ2v) is 4.94. The number of rotatable bonds is 5. The molecule has 0 spiro atoms. The van der Waals surface area contributed by atoms with Gasteiger partial charge in [-0.05, 0) is 43.9 Å². The molecule has 3 heteroatoms. The maximum Gasteiger partial charge on any atom is 0.0593 e. The van der Waals surface area contributed by atoms with Crippen molar-refractivity contribution >= 4 is 11.3 Å². The van der Waals surface area contributed by atoms with Gasteiger partial charge >= 0.3 is 0 Å². The molecule has 1 heterocycles. The highest BCUT2D eigenvalue weighted by molar-refractivity contribution is 7.10. The zero-order chi connectivity index (χ0) is 11.4. The van der Waals surface area contributed by atoms with E-state index < -0.39 is 0 Å². The lowest BCUT2D eigenvalue weighted by Gasteiger charge is -2.32. The minimum absolute atomic E-state index is 0.183. The quantitative estimate of drug-likeness (QED) is 0.836. The predicted molar refractivity (Wildman–Crippen MR) is 68.4 cm³/mol. The molecular weight excluding hydrogens is 204 g/mol. The van der Waals surface area contributed by atoms with Crippen LogP contribution in [0.15, 0.2) is 11.4 Å². The van der Waals surface area contributed by atoms with Crippen molar-refractivity contribution in [2.24, 2.45) is 5.73 Å². The van der Waals surface area contributed by atoms with E-state index in [0.29, 0.717) is 6.04 Å². The third-order valence-corrected chi connectivity index (χ3v) is 3.96. The third-order valence-electron chi connectivity index (χ3n) is 2.87. The monoisotopic (exact) mass is 226 g/mol. The van der Waals surface area contributed by atoms with Crippen molar-refractivity contribution in [3.63, 3.8) is 0 Å². The molecule has 2 atom stereocenters. The molecule has 1 aromatic heterocycles. The normalized spacial score (nSPS) is 15.6. The summed E-state index contributed by atoms with van der Waals surface area (Å²) in [7, 11) is 0. The number of likely N-dealkylation sites (N-methyl/N-ethyl adjacent to an activating group) is 1. The van der Waals surface area contributed by atoms with E-state index in [0.717, 1.165) is 13.1 Å². The van der Waals surface area contributed by atoms with E-state index in [9.17, 15) is 0 Å². The molecule has 0 fully saturated rings. The lowest BCUT2D eigenvalue weighted by Crippen LogP contribution is -2.39. The summed E-state index contributed by atoms with van der Waals surface area (Å²) in [6.45, 7) is 10.8. The lowest BCUT2D eigenvalue weighted by atomic mass is 10.0. The van der Waals surface area contributed by atoms with Crippen LogP contribution in [0.25, 0.3) is 0 Å². The molecule has 1 aromatic rings. The molecule has 0 bridgehead atoms. The van der Waals surface area contributed by atoms with E-state index in [1.54, 1.807) is 0 Å². The van der Waals surface area contributed by atoms with Crippen LogP contribution in [-0.2, 0) is 0 Å². The van der Waals surface area contributed by atoms with Crippen LogP contribution < -0.4 is 5.73 Å². The fraction of sp³-hybridized carbons (Fsp3) is 0.667. The van der Waals surface area contributed by atoms with Crippen LogP contribution in [0.4, 0.5) is 0 Å². The highest BCUT2D eigenvalue weighted by Crippen LogP contribution is 2.30. The van der Waals surface area contributed by atoms with Gasteiger partial charge in [-0.2, -0.15) is 0 Å². The van der Waals surface area contributed by atoms with Crippen LogP contribution in [0.2, 0.25) is 0 Å². The van der Waals surface area contributed by atoms with Gasteiger partial charge < -0.3 is 5.73 Å². The van der Waals surface area contributed by atoms with Crippen molar-refractivity contribution in [2.75, 3.05) is 13.1 Å². The molecule has 2 nitrogen and oxygen atoms in total. The van der Waals surface area contributed by atoms with E-state index in [-0.39, 0.29) is 6.04 Å². The first kappa shape index (κ1) is 12.7. The van der Waals surface area contributed by atoms with Gasteiger partial charge in [-0.3, -0.25) is 4.90 Å². The first-order chi connectivity index (χ1) is 7.11. The van der Waals surface area contributed by atoms with Crippen molar-refractivity contribution < 1.29 is 0 Å². The van der Waals surface area contributed by atoms with E-state index in [2.05, 4.69) is 44.0 Å². The zero-order valence-electron chi connectivity index (χ0n) is 10.2. The Hall–Kier alpha value is -0.380. The van der Waals surface area contributed by atoms with Crippen LogP contribution in [0.1, 0.15) is 37.3 Å². The average Bonchev–Trinajstić information content (AvgIpc) is 2.60. The molecule has 0 aliphatic heterocycles. The summed E-state index contributed by atoms with van der Waals surface area (Å²) in [6, 6.07) is 2.74. The largest absolute Gasteiger partial charge is 0.326 e. The Bertz CT molecular complexity index is 290. The molecule has 0 aliphatic carbocycles. The Balaban J connectivity index is 2.97. The van der Waals surface area contributed by atoms with Gasteiger partial charge in [0, 0.05) is 10.9 Å². The highest BCUT2D eigenvalue weighted by atomic mass is 32.1. The number of thiophene rings is 1. The third kappa shape index (κ3) is 2.80. The van der Waals surface area contributed by atoms with E-state index in [4.69, 9.17) is 5.73 Å². The molecule has 0 aromatic carbocycles. The summed E-state index contributed by atoms with van der Waals surface area (Å²) >= 11 is 1.82. The number of aryl methyl sites for hydroxylation is 1. The van der Waals surface area contributed by atoms with Gasteiger partial charge in [0.05, 0.1) is 6.04 Å². The minimum Gasteiger partial charge on any atom is -0.326 e. The fourth-order valence-electron chi connectivity index (χ4n) is 2.04. The van der Waals surface area contributed by atoms with Crippen LogP contribution in [0.3, 0.4) is 0 Å². The molecule has 0 radical (unpaired) electrons. The van der Waals surface area contributed by atoms with Crippen molar-refractivity contribution in [2.45, 2.75) is 39.8 Å². The number of hydrogen-bond acceptors (Lipinski definition) is 3. The van der Waals surface area contributed by atoms with Gasteiger partial charge in [-0.25, -0.2) is 0 Å². The fourth-order valence-corrected chi connectivity index (χ4v) is 3.22. The van der Waals surface area contributed by atoms with Gasteiger partial charge in [0.1, 0.15) is 0 Å². The summed E-state index contributed by atoms with van der Waals surface area (Å²) in [5.74, 6) is 0. The summed E-state index contributed by atoms with van der Waals surface area (Å²) in [4.78, 5) is 3.86. The molecule has 1 rings (SSSR count). The van der Waals surface area contributed by atoms with Crippen LogP contribution in [0, 0.1) is 6.92 Å². The first-order valence-corrected chi connectivity index (χ1v) is 6.53. The lowest BCUT2D eigenvalue weighted by molar-refractivity contribution is 0.198. The van der Waals surface area contributed by atoms with E-state index in [1.165, 1.54) is 10.4 Å². The Morgan fingerprint density at radius 3 is 2.33 bits per heavy atom. The van der Waals surface area contributed by atoms with Crippen molar-refractivity contribution in [3.05, 3.63) is 21.9 Å². The molecule has 2 unspecified atom stereocenters. The Kier molecular flexibility index (Phi) is 4.77. The Morgan fingerprint density at radius 2 is 2.00 bits per heavy atom. The summed E-state index contributed by atoms with van der Waals surface area (Å²) < 4.78 is 0. The maximum atomic E-state index is 6.11. The molecule has 0 amide bonds. The van der Waals surface area contributed by atoms with Gasteiger partial charge in [-0.15, -0.1) is 11.3 Å². The molecule has 15 heavy (non-hydrogen) atoms. The average molecular weight is 226 g/mol. The Morgan fingerprint density at radius 1 is 1.40 bits per heavy atom. The summed E-state index contributed by atoms with van der Waals surface area (Å²) in [5, 5.41) is 2.16. The second-order valence-electron chi connectivity index (χ2n) is 3.99. The topological polar surface area (TPSA) is 29.3 Å². The molecule has 0 saturated heterocycles. The van der Waals surface area contributed by atoms with Gasteiger partial charge in [0.2, 0.25) is 0 Å². The van der Waals surface area contributed by atoms with Crippen LogP contribution in [0.5, 0.6) is 0 Å². The number of nitrogens with two attached hydrogens (primary N) is 1. The molecule has 0 saturated carbocycles. The highest BCUT2D eigenvalue weighted by Gasteiger charge is 2.24. The van der Waals surface area contributed by atoms with Gasteiger partial charge in [0.15, 0.2) is 0 Å². The second kappa shape index (κ2) is 5.64. The standard InChI is InChI=1S/C12H22N2S/c1-5-14(6-2)11(10(4)13)12-9(3)7-8-15-12/h7-8,10-11H,5-6,13H2,1-4H3. The summed E-state index contributed by atoms with van der Waals surface area (Å²) in [6.07, 6.45) is 0. The van der Waals surface area contributed by atoms with E-state index >= 15 is 0 Å². The maximum absolute atomic E-state index is 6.11. The first-order valence-electron chi connectivity index (χ1n) is 5.65. The van der Waals surface area contributed by atoms with Crippen LogP contribution in [-0.4, -0.2) is 24.0 Å². The molecule has 0 aliphatic rings.